The third kappa shape index (κ3) is 9.10. The highest BCUT2D eigenvalue weighted by Gasteiger charge is 2.52. The summed E-state index contributed by atoms with van der Waals surface area (Å²) in [5.74, 6) is -3.27. The van der Waals surface area contributed by atoms with E-state index < -0.39 is 92.3 Å². The Kier molecular flexibility index (Phi) is 12.6. The SMILES string of the molecule is CC(=O)OC[C@H]1O[C@@H](O[C@@H]2[C@@H](O)[C@H](OCCc3ccc(O)c(O)c3)O[C@H](CO)[C@H]2OC(=O)/C=C/c2ccc(O)c(O)c2)[C@H](O)[C@@H](O)[C@@H]1O. The molecule has 2 aromatic carbocycles. The van der Waals surface area contributed by atoms with E-state index in [2.05, 4.69) is 0 Å². The quantitative estimate of drug-likeness (QED) is 0.0702. The summed E-state index contributed by atoms with van der Waals surface area (Å²) in [6.45, 7) is -0.355. The Bertz CT molecular complexity index is 1430. The molecule has 48 heavy (non-hydrogen) atoms. The van der Waals surface area contributed by atoms with Crippen molar-refractivity contribution in [2.45, 2.75) is 74.8 Å². The number of ether oxygens (including phenoxy) is 6. The lowest BCUT2D eigenvalue weighted by molar-refractivity contribution is -0.360. The highest BCUT2D eigenvalue weighted by atomic mass is 16.7. The monoisotopic (exact) mass is 682 g/mol. The molecule has 2 heterocycles. The van der Waals surface area contributed by atoms with E-state index in [4.69, 9.17) is 28.4 Å². The number of rotatable bonds is 12. The lowest BCUT2D eigenvalue weighted by atomic mass is 9.96. The molecule has 0 aliphatic carbocycles. The number of aliphatic hydroxyl groups is 5. The van der Waals surface area contributed by atoms with Gasteiger partial charge in [0, 0.05) is 13.0 Å². The zero-order valence-corrected chi connectivity index (χ0v) is 25.5. The summed E-state index contributed by atoms with van der Waals surface area (Å²) < 4.78 is 33.2. The van der Waals surface area contributed by atoms with E-state index in [0.29, 0.717) is 11.1 Å². The molecule has 2 saturated heterocycles. The molecule has 0 unspecified atom stereocenters. The average molecular weight is 683 g/mol. The molecule has 17 heteroatoms. The molecule has 0 radical (unpaired) electrons. The minimum Gasteiger partial charge on any atom is -0.504 e. The number of hydrogen-bond donors (Lipinski definition) is 9. The van der Waals surface area contributed by atoms with Crippen molar-refractivity contribution in [2.24, 2.45) is 0 Å². The molecule has 2 aromatic rings. The topological polar surface area (TPSA) is 272 Å². The lowest BCUT2D eigenvalue weighted by Crippen LogP contribution is -2.65. The minimum atomic E-state index is -1.92. The molecular formula is C31H38O17. The van der Waals surface area contributed by atoms with E-state index in [1.807, 2.05) is 0 Å². The molecule has 10 atom stereocenters. The van der Waals surface area contributed by atoms with Crippen LogP contribution in [0.4, 0.5) is 0 Å². The predicted molar refractivity (Wildman–Crippen MR) is 158 cm³/mol. The Morgan fingerprint density at radius 3 is 2.10 bits per heavy atom. The number of phenols is 4. The van der Waals surface area contributed by atoms with Crippen molar-refractivity contribution in [3.8, 4) is 23.0 Å². The summed E-state index contributed by atoms with van der Waals surface area (Å²) in [7, 11) is 0. The molecule has 0 spiro atoms. The minimum absolute atomic E-state index is 0.124. The molecule has 2 fully saturated rings. The van der Waals surface area contributed by atoms with E-state index in [9.17, 15) is 55.5 Å². The summed E-state index contributed by atoms with van der Waals surface area (Å²) in [6, 6.07) is 7.85. The fourth-order valence-electron chi connectivity index (χ4n) is 5.00. The van der Waals surface area contributed by atoms with Gasteiger partial charge in [0.1, 0.15) is 49.3 Å². The van der Waals surface area contributed by atoms with Gasteiger partial charge in [0.25, 0.3) is 0 Å². The molecular weight excluding hydrogens is 644 g/mol. The van der Waals surface area contributed by atoms with Crippen LogP contribution in [-0.2, 0) is 44.4 Å². The molecule has 2 aliphatic rings. The number of phenolic OH excluding ortho intramolecular Hbond substituents is 4. The van der Waals surface area contributed by atoms with E-state index >= 15 is 0 Å². The maximum absolute atomic E-state index is 12.9. The number of aromatic hydroxyl groups is 4. The number of carbonyl (C=O) groups excluding carboxylic acids is 2. The summed E-state index contributed by atoms with van der Waals surface area (Å²) in [5, 5.41) is 91.5. The van der Waals surface area contributed by atoms with Crippen molar-refractivity contribution in [3.63, 3.8) is 0 Å². The smallest absolute Gasteiger partial charge is 0.331 e. The Morgan fingerprint density at radius 2 is 1.46 bits per heavy atom. The van der Waals surface area contributed by atoms with E-state index in [1.54, 1.807) is 0 Å². The van der Waals surface area contributed by atoms with Crippen LogP contribution >= 0.6 is 0 Å². The summed E-state index contributed by atoms with van der Waals surface area (Å²) in [4.78, 5) is 24.2. The van der Waals surface area contributed by atoms with Crippen molar-refractivity contribution < 1.29 is 84.0 Å². The number of aliphatic hydroxyl groups excluding tert-OH is 5. The Balaban J connectivity index is 1.55. The maximum Gasteiger partial charge on any atom is 0.331 e. The zero-order chi connectivity index (χ0) is 35.1. The van der Waals surface area contributed by atoms with Crippen molar-refractivity contribution in [1.29, 1.82) is 0 Å². The van der Waals surface area contributed by atoms with E-state index in [0.717, 1.165) is 13.0 Å². The molecule has 4 rings (SSSR count). The van der Waals surface area contributed by atoms with Gasteiger partial charge in [0.2, 0.25) is 0 Å². The molecule has 0 bridgehead atoms. The van der Waals surface area contributed by atoms with Crippen LogP contribution in [0.25, 0.3) is 6.08 Å². The van der Waals surface area contributed by atoms with Crippen LogP contribution < -0.4 is 0 Å². The highest BCUT2D eigenvalue weighted by molar-refractivity contribution is 5.87. The van der Waals surface area contributed by atoms with Gasteiger partial charge in [-0.15, -0.1) is 0 Å². The molecule has 9 N–H and O–H groups in total. The van der Waals surface area contributed by atoms with Crippen LogP contribution in [0.5, 0.6) is 23.0 Å². The fourth-order valence-corrected chi connectivity index (χ4v) is 5.00. The zero-order valence-electron chi connectivity index (χ0n) is 25.5. The first kappa shape index (κ1) is 36.8. The third-order valence-electron chi connectivity index (χ3n) is 7.58. The number of hydrogen-bond acceptors (Lipinski definition) is 17. The molecule has 264 valence electrons. The Hall–Kier alpha value is -4.04. The largest absolute Gasteiger partial charge is 0.504 e. The lowest BCUT2D eigenvalue weighted by Gasteiger charge is -2.46. The number of carbonyl (C=O) groups is 2. The van der Waals surface area contributed by atoms with Gasteiger partial charge >= 0.3 is 11.9 Å². The van der Waals surface area contributed by atoms with Crippen molar-refractivity contribution in [2.75, 3.05) is 19.8 Å². The Labute approximate surface area is 273 Å². The van der Waals surface area contributed by atoms with Gasteiger partial charge < -0.3 is 74.4 Å². The molecule has 0 saturated carbocycles. The van der Waals surface area contributed by atoms with Crippen LogP contribution in [0.3, 0.4) is 0 Å². The van der Waals surface area contributed by atoms with Gasteiger partial charge in [-0.3, -0.25) is 4.79 Å². The van der Waals surface area contributed by atoms with Crippen LogP contribution in [-0.4, -0.2) is 139 Å². The normalized spacial score (nSPS) is 30.6. The van der Waals surface area contributed by atoms with Gasteiger partial charge in [-0.1, -0.05) is 12.1 Å². The summed E-state index contributed by atoms with van der Waals surface area (Å²) >= 11 is 0. The maximum atomic E-state index is 12.9. The van der Waals surface area contributed by atoms with Crippen molar-refractivity contribution in [1.82, 2.24) is 0 Å². The van der Waals surface area contributed by atoms with Gasteiger partial charge in [-0.25, -0.2) is 4.79 Å². The number of benzene rings is 2. The second kappa shape index (κ2) is 16.4. The predicted octanol–water partition coefficient (Wildman–Crippen LogP) is -1.47. The van der Waals surface area contributed by atoms with Gasteiger partial charge in [0.05, 0.1) is 13.2 Å². The van der Waals surface area contributed by atoms with E-state index in [1.165, 1.54) is 42.5 Å². The van der Waals surface area contributed by atoms with Crippen LogP contribution in [0.1, 0.15) is 18.1 Å². The van der Waals surface area contributed by atoms with Crippen LogP contribution in [0, 0.1) is 0 Å². The Morgan fingerprint density at radius 1 is 0.792 bits per heavy atom. The second-order valence-corrected chi connectivity index (χ2v) is 11.1. The van der Waals surface area contributed by atoms with Crippen molar-refractivity contribution in [3.05, 3.63) is 53.6 Å². The molecule has 17 nitrogen and oxygen atoms in total. The molecule has 0 amide bonds. The highest BCUT2D eigenvalue weighted by Crippen LogP contribution is 2.32. The third-order valence-corrected chi connectivity index (χ3v) is 7.58. The summed E-state index contributed by atoms with van der Waals surface area (Å²) in [5.41, 5.74) is 0.849. The van der Waals surface area contributed by atoms with Gasteiger partial charge in [-0.05, 0) is 47.9 Å². The second-order valence-electron chi connectivity index (χ2n) is 11.1. The first-order valence-corrected chi connectivity index (χ1v) is 14.7. The first-order chi connectivity index (χ1) is 22.8. The standard InChI is InChI=1S/C31H38O17/c1-14(33)44-13-22-24(39)25(40)26(41)31(46-22)48-29-27(42)30(43-9-8-16-3-6-18(35)20(37)11-16)45-21(12-32)28(29)47-23(38)7-4-15-2-5-17(34)19(36)10-15/h2-7,10-11,21-22,24-32,34-37,39-42H,8-9,12-13H2,1H3/b7-4+/t21-,22-,24-,25+,26-,27-,28-,29-,30-,31+/m1/s1. The average Bonchev–Trinajstić information content (AvgIpc) is 3.05. The van der Waals surface area contributed by atoms with Crippen LogP contribution in [0.15, 0.2) is 42.5 Å². The van der Waals surface area contributed by atoms with Gasteiger partial charge in [-0.2, -0.15) is 0 Å². The van der Waals surface area contributed by atoms with Crippen molar-refractivity contribution >= 4 is 18.0 Å². The first-order valence-electron chi connectivity index (χ1n) is 14.7. The van der Waals surface area contributed by atoms with E-state index in [-0.39, 0.29) is 30.3 Å². The summed E-state index contributed by atoms with van der Waals surface area (Å²) in [6.07, 6.45) is -14.4. The van der Waals surface area contributed by atoms with Gasteiger partial charge in [0.15, 0.2) is 41.7 Å². The molecule has 0 aromatic heterocycles. The van der Waals surface area contributed by atoms with Crippen LogP contribution in [0.2, 0.25) is 0 Å². The fraction of sp³-hybridized carbons (Fsp3) is 0.484. The number of esters is 2. The molecule has 2 aliphatic heterocycles.